The van der Waals surface area contributed by atoms with Gasteiger partial charge >= 0.3 is 0 Å². The van der Waals surface area contributed by atoms with E-state index in [9.17, 15) is 9.59 Å². The summed E-state index contributed by atoms with van der Waals surface area (Å²) in [6.07, 6.45) is 1.05. The van der Waals surface area contributed by atoms with Crippen LogP contribution in [-0.4, -0.2) is 27.4 Å². The van der Waals surface area contributed by atoms with Crippen LogP contribution in [0.4, 0.5) is 0 Å². The van der Waals surface area contributed by atoms with E-state index < -0.39 is 6.04 Å². The number of fused-ring (bicyclic) bond motifs is 2. The lowest BCUT2D eigenvalue weighted by Gasteiger charge is -2.27. The molecule has 5 nitrogen and oxygen atoms in total. The molecule has 1 unspecified atom stereocenters. The molecule has 0 radical (unpaired) electrons. The third-order valence-electron chi connectivity index (χ3n) is 6.61. The maximum atomic E-state index is 13.7. The number of aromatic nitrogens is 2. The molecule has 35 heavy (non-hydrogen) atoms. The van der Waals surface area contributed by atoms with Gasteiger partial charge in [-0.25, -0.2) is 4.98 Å². The highest BCUT2D eigenvalue weighted by atomic mass is 16.2. The van der Waals surface area contributed by atoms with Crippen LogP contribution in [0, 0.1) is 0 Å². The molecule has 1 aromatic heterocycles. The average molecular weight is 462 g/mol. The van der Waals surface area contributed by atoms with Gasteiger partial charge in [-0.05, 0) is 53.9 Å². The molecule has 0 aliphatic carbocycles. The normalized spacial score (nSPS) is 12.1. The smallest absolute Gasteiger partial charge is 0.266 e. The highest BCUT2D eigenvalue weighted by molar-refractivity contribution is 5.85. The maximum absolute atomic E-state index is 13.7. The summed E-state index contributed by atoms with van der Waals surface area (Å²) in [5.41, 5.74) is 2.34. The Balaban J connectivity index is 1.56. The van der Waals surface area contributed by atoms with Crippen molar-refractivity contribution in [3.63, 3.8) is 0 Å². The number of para-hydroxylation sites is 1. The zero-order valence-electron chi connectivity index (χ0n) is 19.9. The SMILES string of the molecule is CC(c1nc2ccccc2c(=O)n1-c1ccc2ccccc2c1)N(C)C(=O)CCc1ccccc1. The van der Waals surface area contributed by atoms with E-state index in [1.807, 2.05) is 97.9 Å². The summed E-state index contributed by atoms with van der Waals surface area (Å²) in [4.78, 5) is 33.4. The molecular formula is C30H27N3O2. The van der Waals surface area contributed by atoms with Crippen molar-refractivity contribution in [3.05, 3.63) is 119 Å². The number of aryl methyl sites for hydroxylation is 1. The molecule has 174 valence electrons. The van der Waals surface area contributed by atoms with Gasteiger partial charge < -0.3 is 4.90 Å². The standard InChI is InChI=1S/C30H27N3O2/c1-21(32(2)28(34)19-16-22-10-4-3-5-11-22)29-31-27-15-9-8-14-26(27)30(35)33(29)25-18-17-23-12-6-7-13-24(23)20-25/h3-15,17-18,20-21H,16,19H2,1-2H3. The molecule has 0 aliphatic heterocycles. The summed E-state index contributed by atoms with van der Waals surface area (Å²) in [5, 5.41) is 2.69. The zero-order chi connectivity index (χ0) is 24.4. The second kappa shape index (κ2) is 9.55. The van der Waals surface area contributed by atoms with E-state index in [1.165, 1.54) is 0 Å². The Kier molecular flexibility index (Phi) is 6.15. The molecule has 0 aliphatic rings. The van der Waals surface area contributed by atoms with Crippen LogP contribution in [0.2, 0.25) is 0 Å². The van der Waals surface area contributed by atoms with Gasteiger partial charge in [-0.2, -0.15) is 0 Å². The molecule has 1 amide bonds. The Hall–Kier alpha value is -4.25. The molecule has 5 rings (SSSR count). The second-order valence-electron chi connectivity index (χ2n) is 8.83. The first-order valence-electron chi connectivity index (χ1n) is 11.8. The molecule has 1 heterocycles. The van der Waals surface area contributed by atoms with Gasteiger partial charge in [0.15, 0.2) is 0 Å². The Labute approximate surface area is 204 Å². The first kappa shape index (κ1) is 22.5. The summed E-state index contributed by atoms with van der Waals surface area (Å²) < 4.78 is 1.65. The number of hydrogen-bond acceptors (Lipinski definition) is 3. The van der Waals surface area contributed by atoms with Gasteiger partial charge in [-0.15, -0.1) is 0 Å². The number of carbonyl (C=O) groups excluding carboxylic acids is 1. The molecule has 0 saturated carbocycles. The van der Waals surface area contributed by atoms with Gasteiger partial charge in [0.1, 0.15) is 5.82 Å². The number of nitrogens with zero attached hydrogens (tertiary/aromatic N) is 3. The van der Waals surface area contributed by atoms with Crippen molar-refractivity contribution in [2.45, 2.75) is 25.8 Å². The number of hydrogen-bond donors (Lipinski definition) is 0. The van der Waals surface area contributed by atoms with Crippen LogP contribution < -0.4 is 5.56 Å². The van der Waals surface area contributed by atoms with E-state index in [2.05, 4.69) is 0 Å². The minimum absolute atomic E-state index is 0.00817. The minimum Gasteiger partial charge on any atom is -0.336 e. The Morgan fingerprint density at radius 1 is 0.886 bits per heavy atom. The molecule has 0 fully saturated rings. The summed E-state index contributed by atoms with van der Waals surface area (Å²) in [7, 11) is 1.78. The molecule has 0 spiro atoms. The lowest BCUT2D eigenvalue weighted by atomic mass is 10.1. The van der Waals surface area contributed by atoms with Crippen molar-refractivity contribution < 1.29 is 4.79 Å². The molecule has 0 N–H and O–H groups in total. The van der Waals surface area contributed by atoms with E-state index in [4.69, 9.17) is 4.98 Å². The number of carbonyl (C=O) groups is 1. The molecule has 4 aromatic carbocycles. The fourth-order valence-electron chi connectivity index (χ4n) is 4.46. The van der Waals surface area contributed by atoms with E-state index in [0.717, 1.165) is 22.0 Å². The predicted octanol–water partition coefficient (Wildman–Crippen LogP) is 5.69. The highest BCUT2D eigenvalue weighted by Gasteiger charge is 2.24. The lowest BCUT2D eigenvalue weighted by Crippen LogP contribution is -2.35. The first-order valence-corrected chi connectivity index (χ1v) is 11.8. The number of benzene rings is 4. The van der Waals surface area contributed by atoms with E-state index >= 15 is 0 Å². The Morgan fingerprint density at radius 3 is 2.37 bits per heavy atom. The number of amides is 1. The second-order valence-corrected chi connectivity index (χ2v) is 8.83. The van der Waals surface area contributed by atoms with Crippen LogP contribution in [0.5, 0.6) is 0 Å². The molecular weight excluding hydrogens is 434 g/mol. The van der Waals surface area contributed by atoms with E-state index in [0.29, 0.717) is 29.6 Å². The monoisotopic (exact) mass is 461 g/mol. The van der Waals surface area contributed by atoms with Crippen LogP contribution in [0.1, 0.15) is 30.8 Å². The summed E-state index contributed by atoms with van der Waals surface area (Å²) in [5.74, 6) is 0.549. The van der Waals surface area contributed by atoms with Gasteiger partial charge in [0.25, 0.3) is 5.56 Å². The summed E-state index contributed by atoms with van der Waals surface area (Å²) in [6, 6.07) is 30.9. The Bertz CT molecular complexity index is 1570. The fraction of sp³-hybridized carbons (Fsp3) is 0.167. The molecule has 0 bridgehead atoms. The predicted molar refractivity (Wildman–Crippen MR) is 141 cm³/mol. The van der Waals surface area contributed by atoms with Crippen molar-refractivity contribution in [3.8, 4) is 5.69 Å². The van der Waals surface area contributed by atoms with Crippen molar-refractivity contribution in [2.24, 2.45) is 0 Å². The summed E-state index contributed by atoms with van der Waals surface area (Å²) >= 11 is 0. The average Bonchev–Trinajstić information content (AvgIpc) is 2.91. The lowest BCUT2D eigenvalue weighted by molar-refractivity contribution is -0.131. The van der Waals surface area contributed by atoms with Gasteiger partial charge in [0, 0.05) is 13.5 Å². The third kappa shape index (κ3) is 4.45. The first-order chi connectivity index (χ1) is 17.0. The largest absolute Gasteiger partial charge is 0.336 e. The zero-order valence-corrected chi connectivity index (χ0v) is 19.9. The highest BCUT2D eigenvalue weighted by Crippen LogP contribution is 2.25. The maximum Gasteiger partial charge on any atom is 0.266 e. The van der Waals surface area contributed by atoms with Gasteiger partial charge in [0.05, 0.1) is 22.6 Å². The number of rotatable bonds is 6. The van der Waals surface area contributed by atoms with Crippen LogP contribution in [0.25, 0.3) is 27.4 Å². The van der Waals surface area contributed by atoms with Gasteiger partial charge in [0.2, 0.25) is 5.91 Å². The fourth-order valence-corrected chi connectivity index (χ4v) is 4.46. The quantitative estimate of drug-likeness (QED) is 0.326. The van der Waals surface area contributed by atoms with Crippen molar-refractivity contribution in [1.82, 2.24) is 14.5 Å². The van der Waals surface area contributed by atoms with Gasteiger partial charge in [-0.3, -0.25) is 14.2 Å². The van der Waals surface area contributed by atoms with Crippen LogP contribution in [-0.2, 0) is 11.2 Å². The molecule has 0 saturated heterocycles. The van der Waals surface area contributed by atoms with Crippen LogP contribution >= 0.6 is 0 Å². The van der Waals surface area contributed by atoms with Crippen molar-refractivity contribution in [2.75, 3.05) is 7.05 Å². The molecule has 5 heteroatoms. The van der Waals surface area contributed by atoms with Crippen molar-refractivity contribution in [1.29, 1.82) is 0 Å². The van der Waals surface area contributed by atoms with Crippen LogP contribution in [0.3, 0.4) is 0 Å². The third-order valence-corrected chi connectivity index (χ3v) is 6.61. The van der Waals surface area contributed by atoms with E-state index in [-0.39, 0.29) is 11.5 Å². The Morgan fingerprint density at radius 2 is 1.57 bits per heavy atom. The molecule has 5 aromatic rings. The van der Waals surface area contributed by atoms with Crippen molar-refractivity contribution >= 4 is 27.6 Å². The topological polar surface area (TPSA) is 55.2 Å². The minimum atomic E-state index is -0.401. The van der Waals surface area contributed by atoms with Crippen LogP contribution in [0.15, 0.2) is 102 Å². The summed E-state index contributed by atoms with van der Waals surface area (Å²) in [6.45, 7) is 1.93. The molecule has 1 atom stereocenters. The van der Waals surface area contributed by atoms with E-state index in [1.54, 1.807) is 22.6 Å². The van der Waals surface area contributed by atoms with Gasteiger partial charge in [-0.1, -0.05) is 72.8 Å².